The van der Waals surface area contributed by atoms with Crippen LogP contribution in [0.2, 0.25) is 0 Å². The number of aliphatic hydroxyl groups excluding tert-OH is 2. The van der Waals surface area contributed by atoms with Crippen molar-refractivity contribution in [2.45, 2.75) is 12.8 Å². The zero-order chi connectivity index (χ0) is 9.94. The van der Waals surface area contributed by atoms with Gasteiger partial charge in [0.15, 0.2) is 0 Å². The van der Waals surface area contributed by atoms with Crippen LogP contribution in [0.1, 0.15) is 12.8 Å². The summed E-state index contributed by atoms with van der Waals surface area (Å²) in [6.45, 7) is 2.03. The van der Waals surface area contributed by atoms with Gasteiger partial charge in [-0.2, -0.15) is 0 Å². The van der Waals surface area contributed by atoms with Gasteiger partial charge in [0.25, 0.3) is 0 Å². The van der Waals surface area contributed by atoms with E-state index in [1.54, 1.807) is 7.11 Å². The molecule has 0 fully saturated rings. The average Bonchev–Trinajstić information content (AvgIpc) is 2.17. The topological polar surface area (TPSA) is 58.9 Å². The molecular formula is C9H20O4. The summed E-state index contributed by atoms with van der Waals surface area (Å²) in [6, 6.07) is 0. The van der Waals surface area contributed by atoms with Crippen LogP contribution in [0.25, 0.3) is 0 Å². The molecular weight excluding hydrogens is 172 g/mol. The smallest absolute Gasteiger partial charge is 0.0487 e. The van der Waals surface area contributed by atoms with Gasteiger partial charge in [0.05, 0.1) is 0 Å². The standard InChI is InChI=1S/C9H20O4/c1-12-4-2-5-13-6-3-9(7-10)8-11/h9-11H,2-8H2,1H3. The summed E-state index contributed by atoms with van der Waals surface area (Å²) >= 11 is 0. The summed E-state index contributed by atoms with van der Waals surface area (Å²) in [5, 5.41) is 17.5. The molecule has 0 saturated heterocycles. The molecule has 0 aromatic carbocycles. The van der Waals surface area contributed by atoms with Gasteiger partial charge in [0, 0.05) is 46.1 Å². The Balaban J connectivity index is 3.05. The van der Waals surface area contributed by atoms with Crippen LogP contribution in [0.5, 0.6) is 0 Å². The largest absolute Gasteiger partial charge is 0.396 e. The van der Waals surface area contributed by atoms with Crippen LogP contribution in [-0.2, 0) is 9.47 Å². The van der Waals surface area contributed by atoms with E-state index in [1.807, 2.05) is 0 Å². The quantitative estimate of drug-likeness (QED) is 0.506. The van der Waals surface area contributed by atoms with Crippen LogP contribution >= 0.6 is 0 Å². The third-order valence-electron chi connectivity index (χ3n) is 1.82. The van der Waals surface area contributed by atoms with E-state index < -0.39 is 0 Å². The summed E-state index contributed by atoms with van der Waals surface area (Å²) in [7, 11) is 1.66. The van der Waals surface area contributed by atoms with Crippen molar-refractivity contribution in [2.24, 2.45) is 5.92 Å². The fourth-order valence-electron chi connectivity index (χ4n) is 0.898. The van der Waals surface area contributed by atoms with Gasteiger partial charge >= 0.3 is 0 Å². The molecule has 0 aliphatic heterocycles. The predicted molar refractivity (Wildman–Crippen MR) is 49.6 cm³/mol. The van der Waals surface area contributed by atoms with Crippen LogP contribution < -0.4 is 0 Å². The molecule has 4 nitrogen and oxygen atoms in total. The maximum absolute atomic E-state index is 8.73. The molecule has 0 amide bonds. The van der Waals surface area contributed by atoms with Gasteiger partial charge in [0.1, 0.15) is 0 Å². The maximum Gasteiger partial charge on any atom is 0.0487 e. The summed E-state index contributed by atoms with van der Waals surface area (Å²) < 4.78 is 10.1. The second kappa shape index (κ2) is 9.92. The number of hydrogen-bond donors (Lipinski definition) is 2. The Kier molecular flexibility index (Phi) is 9.80. The van der Waals surface area contributed by atoms with Crippen LogP contribution in [0.4, 0.5) is 0 Å². The van der Waals surface area contributed by atoms with Gasteiger partial charge in [-0.3, -0.25) is 0 Å². The van der Waals surface area contributed by atoms with Crippen molar-refractivity contribution in [3.05, 3.63) is 0 Å². The second-order valence-electron chi connectivity index (χ2n) is 2.98. The van der Waals surface area contributed by atoms with Gasteiger partial charge in [0.2, 0.25) is 0 Å². The Hall–Kier alpha value is -0.160. The highest BCUT2D eigenvalue weighted by Crippen LogP contribution is 2.00. The summed E-state index contributed by atoms with van der Waals surface area (Å²) in [5.41, 5.74) is 0. The Bertz CT molecular complexity index is 93.6. The molecule has 0 atom stereocenters. The minimum Gasteiger partial charge on any atom is -0.396 e. The van der Waals surface area contributed by atoms with E-state index in [2.05, 4.69) is 0 Å². The molecule has 0 rings (SSSR count). The number of aliphatic hydroxyl groups is 2. The van der Waals surface area contributed by atoms with Crippen LogP contribution in [-0.4, -0.2) is 50.4 Å². The Labute approximate surface area is 79.5 Å². The first kappa shape index (κ1) is 12.8. The van der Waals surface area contributed by atoms with Crippen molar-refractivity contribution in [3.8, 4) is 0 Å². The van der Waals surface area contributed by atoms with Crippen LogP contribution in [0.3, 0.4) is 0 Å². The Morgan fingerprint density at radius 2 is 1.77 bits per heavy atom. The maximum atomic E-state index is 8.73. The zero-order valence-electron chi connectivity index (χ0n) is 8.24. The zero-order valence-corrected chi connectivity index (χ0v) is 8.24. The van der Waals surface area contributed by atoms with Gasteiger partial charge in [-0.05, 0) is 12.8 Å². The van der Waals surface area contributed by atoms with Crippen molar-refractivity contribution in [2.75, 3.05) is 40.1 Å². The molecule has 0 radical (unpaired) electrons. The molecule has 0 saturated carbocycles. The Morgan fingerprint density at radius 1 is 1.08 bits per heavy atom. The normalized spacial score (nSPS) is 11.1. The van der Waals surface area contributed by atoms with E-state index in [0.29, 0.717) is 26.2 Å². The summed E-state index contributed by atoms with van der Waals surface area (Å²) in [4.78, 5) is 0. The lowest BCUT2D eigenvalue weighted by Gasteiger charge is -2.10. The average molecular weight is 192 g/mol. The number of methoxy groups -OCH3 is 1. The second-order valence-corrected chi connectivity index (χ2v) is 2.98. The van der Waals surface area contributed by atoms with Crippen molar-refractivity contribution in [3.63, 3.8) is 0 Å². The van der Waals surface area contributed by atoms with Crippen molar-refractivity contribution >= 4 is 0 Å². The highest BCUT2D eigenvalue weighted by Gasteiger charge is 2.04. The molecule has 0 aliphatic rings. The first-order valence-electron chi connectivity index (χ1n) is 4.63. The van der Waals surface area contributed by atoms with Crippen LogP contribution in [0.15, 0.2) is 0 Å². The van der Waals surface area contributed by atoms with Crippen molar-refractivity contribution in [1.82, 2.24) is 0 Å². The van der Waals surface area contributed by atoms with E-state index in [4.69, 9.17) is 19.7 Å². The molecule has 0 aliphatic carbocycles. The van der Waals surface area contributed by atoms with Gasteiger partial charge in [-0.1, -0.05) is 0 Å². The minimum absolute atomic E-state index is 0.0257. The predicted octanol–water partition coefficient (Wildman–Crippen LogP) is 0.0304. The highest BCUT2D eigenvalue weighted by atomic mass is 16.5. The Morgan fingerprint density at radius 3 is 2.31 bits per heavy atom. The fourth-order valence-corrected chi connectivity index (χ4v) is 0.898. The fraction of sp³-hybridized carbons (Fsp3) is 1.00. The number of hydrogen-bond acceptors (Lipinski definition) is 4. The van der Waals surface area contributed by atoms with E-state index in [9.17, 15) is 0 Å². The molecule has 80 valence electrons. The number of ether oxygens (including phenoxy) is 2. The molecule has 0 spiro atoms. The third-order valence-corrected chi connectivity index (χ3v) is 1.82. The van der Waals surface area contributed by atoms with Gasteiger partial charge in [-0.15, -0.1) is 0 Å². The molecule has 0 unspecified atom stereocenters. The first-order valence-corrected chi connectivity index (χ1v) is 4.63. The molecule has 0 heterocycles. The SMILES string of the molecule is COCCCOCCC(CO)CO. The third kappa shape index (κ3) is 8.18. The monoisotopic (exact) mass is 192 g/mol. The minimum atomic E-state index is -0.0394. The van der Waals surface area contributed by atoms with E-state index >= 15 is 0 Å². The molecule has 0 aromatic heterocycles. The van der Waals surface area contributed by atoms with Gasteiger partial charge < -0.3 is 19.7 Å². The lowest BCUT2D eigenvalue weighted by molar-refractivity contribution is 0.0715. The van der Waals surface area contributed by atoms with Gasteiger partial charge in [-0.25, -0.2) is 0 Å². The molecule has 0 bridgehead atoms. The van der Waals surface area contributed by atoms with Crippen LogP contribution in [0, 0.1) is 5.92 Å². The number of rotatable bonds is 9. The first-order chi connectivity index (χ1) is 6.35. The summed E-state index contributed by atoms with van der Waals surface area (Å²) in [6.07, 6.45) is 1.60. The van der Waals surface area contributed by atoms with E-state index in [-0.39, 0.29) is 19.1 Å². The van der Waals surface area contributed by atoms with Crippen molar-refractivity contribution in [1.29, 1.82) is 0 Å². The molecule has 0 aromatic rings. The molecule has 13 heavy (non-hydrogen) atoms. The highest BCUT2D eigenvalue weighted by molar-refractivity contribution is 4.53. The molecule has 4 heteroatoms. The van der Waals surface area contributed by atoms with E-state index in [0.717, 1.165) is 6.42 Å². The lowest BCUT2D eigenvalue weighted by Crippen LogP contribution is -2.14. The lowest BCUT2D eigenvalue weighted by atomic mass is 10.1. The van der Waals surface area contributed by atoms with Crippen molar-refractivity contribution < 1.29 is 19.7 Å². The summed E-state index contributed by atoms with van der Waals surface area (Å²) in [5.74, 6) is -0.0394. The van der Waals surface area contributed by atoms with E-state index in [1.165, 1.54) is 0 Å². The molecule has 2 N–H and O–H groups in total.